The summed E-state index contributed by atoms with van der Waals surface area (Å²) in [6, 6.07) is 15.7. The van der Waals surface area contributed by atoms with Crippen LogP contribution >= 0.6 is 0 Å². The predicted octanol–water partition coefficient (Wildman–Crippen LogP) is 4.29. The molecule has 6 heteroatoms. The van der Waals surface area contributed by atoms with Gasteiger partial charge in [0.2, 0.25) is 0 Å². The summed E-state index contributed by atoms with van der Waals surface area (Å²) in [5.41, 5.74) is 1.57. The van der Waals surface area contributed by atoms with Crippen LogP contribution in [0, 0.1) is 0 Å². The van der Waals surface area contributed by atoms with E-state index in [1.165, 1.54) is 36.4 Å². The van der Waals surface area contributed by atoms with Gasteiger partial charge in [-0.25, -0.2) is 0 Å². The quantitative estimate of drug-likeness (QED) is 0.410. The normalized spacial score (nSPS) is 10.8. The van der Waals surface area contributed by atoms with E-state index >= 15 is 0 Å². The maximum atomic E-state index is 12.3. The molecule has 148 valence electrons. The van der Waals surface area contributed by atoms with Crippen LogP contribution in [0.2, 0.25) is 0 Å². The van der Waals surface area contributed by atoms with E-state index in [9.17, 15) is 20.1 Å². The van der Waals surface area contributed by atoms with Crippen LogP contribution in [0.25, 0.3) is 6.08 Å². The fourth-order valence-electron chi connectivity index (χ4n) is 2.65. The minimum atomic E-state index is -0.434. The van der Waals surface area contributed by atoms with Gasteiger partial charge in [-0.1, -0.05) is 12.1 Å². The summed E-state index contributed by atoms with van der Waals surface area (Å²) in [5, 5.41) is 28.9. The number of aromatic hydroxyl groups is 3. The standard InChI is InChI=1S/C23H20O6/c1-28-19-8-2-15(3-9-19)14-29-23-13-18(25)6-4-16(23)5-11-21(26)20-10-7-17(24)12-22(20)27/h2-13,24-25,27H,14H2,1H3. The van der Waals surface area contributed by atoms with E-state index in [1.54, 1.807) is 13.2 Å². The fraction of sp³-hybridized carbons (Fsp3) is 0.0870. The first kappa shape index (κ1) is 19.8. The highest BCUT2D eigenvalue weighted by Crippen LogP contribution is 2.28. The first-order valence-corrected chi connectivity index (χ1v) is 8.79. The molecule has 0 fully saturated rings. The summed E-state index contributed by atoms with van der Waals surface area (Å²) >= 11 is 0. The van der Waals surface area contributed by atoms with Crippen LogP contribution in [0.3, 0.4) is 0 Å². The van der Waals surface area contributed by atoms with Crippen molar-refractivity contribution < 1.29 is 29.6 Å². The van der Waals surface area contributed by atoms with E-state index in [0.29, 0.717) is 11.3 Å². The van der Waals surface area contributed by atoms with E-state index in [0.717, 1.165) is 17.4 Å². The Kier molecular flexibility index (Phi) is 6.04. The lowest BCUT2D eigenvalue weighted by molar-refractivity contribution is 0.104. The zero-order chi connectivity index (χ0) is 20.8. The Balaban J connectivity index is 1.76. The Morgan fingerprint density at radius 1 is 0.931 bits per heavy atom. The van der Waals surface area contributed by atoms with E-state index in [1.807, 2.05) is 24.3 Å². The third kappa shape index (κ3) is 5.07. The smallest absolute Gasteiger partial charge is 0.189 e. The van der Waals surface area contributed by atoms with Gasteiger partial charge in [0.05, 0.1) is 12.7 Å². The van der Waals surface area contributed by atoms with Gasteiger partial charge < -0.3 is 24.8 Å². The molecule has 3 rings (SSSR count). The number of rotatable bonds is 7. The van der Waals surface area contributed by atoms with Gasteiger partial charge in [-0.15, -0.1) is 0 Å². The first-order valence-electron chi connectivity index (χ1n) is 8.79. The highest BCUT2D eigenvalue weighted by Gasteiger charge is 2.10. The molecule has 6 nitrogen and oxygen atoms in total. The maximum Gasteiger partial charge on any atom is 0.189 e. The maximum absolute atomic E-state index is 12.3. The van der Waals surface area contributed by atoms with Crippen LogP contribution < -0.4 is 9.47 Å². The number of phenolic OH excluding ortho intramolecular Hbond substituents is 3. The van der Waals surface area contributed by atoms with Crippen molar-refractivity contribution in [2.75, 3.05) is 7.11 Å². The van der Waals surface area contributed by atoms with Gasteiger partial charge >= 0.3 is 0 Å². The summed E-state index contributed by atoms with van der Waals surface area (Å²) in [7, 11) is 1.59. The van der Waals surface area contributed by atoms with Crippen molar-refractivity contribution in [1.82, 2.24) is 0 Å². The Labute approximate surface area is 167 Å². The molecular formula is C23H20O6. The van der Waals surface area contributed by atoms with Crippen molar-refractivity contribution in [1.29, 1.82) is 0 Å². The lowest BCUT2D eigenvalue weighted by Gasteiger charge is -2.10. The third-order valence-corrected chi connectivity index (χ3v) is 4.21. The van der Waals surface area contributed by atoms with Crippen LogP contribution in [0.15, 0.2) is 66.7 Å². The Morgan fingerprint density at radius 2 is 1.62 bits per heavy atom. The van der Waals surface area contributed by atoms with Crippen molar-refractivity contribution in [2.24, 2.45) is 0 Å². The summed E-state index contributed by atoms with van der Waals surface area (Å²) in [6.45, 7) is 0.265. The van der Waals surface area contributed by atoms with Crippen LogP contribution in [0.1, 0.15) is 21.5 Å². The molecule has 0 saturated heterocycles. The van der Waals surface area contributed by atoms with Crippen molar-refractivity contribution in [3.8, 4) is 28.7 Å². The molecule has 0 saturated carbocycles. The fourth-order valence-corrected chi connectivity index (χ4v) is 2.65. The number of phenols is 3. The second-order valence-corrected chi connectivity index (χ2v) is 6.26. The van der Waals surface area contributed by atoms with Crippen molar-refractivity contribution in [3.05, 3.63) is 83.4 Å². The van der Waals surface area contributed by atoms with Crippen LogP contribution in [0.5, 0.6) is 28.7 Å². The minimum Gasteiger partial charge on any atom is -0.508 e. The lowest BCUT2D eigenvalue weighted by atomic mass is 10.1. The summed E-state index contributed by atoms with van der Waals surface area (Å²) in [5.74, 6) is 0.314. The van der Waals surface area contributed by atoms with E-state index in [-0.39, 0.29) is 29.4 Å². The van der Waals surface area contributed by atoms with Gasteiger partial charge in [0.25, 0.3) is 0 Å². The molecule has 0 amide bonds. The number of hydrogen-bond donors (Lipinski definition) is 3. The molecule has 0 aromatic heterocycles. The molecule has 29 heavy (non-hydrogen) atoms. The molecule has 3 N–H and O–H groups in total. The Morgan fingerprint density at radius 3 is 2.31 bits per heavy atom. The highest BCUT2D eigenvalue weighted by atomic mass is 16.5. The summed E-state index contributed by atoms with van der Waals surface area (Å²) in [4.78, 5) is 12.3. The van der Waals surface area contributed by atoms with Crippen molar-refractivity contribution >= 4 is 11.9 Å². The number of benzene rings is 3. The van der Waals surface area contributed by atoms with Crippen molar-refractivity contribution in [2.45, 2.75) is 6.61 Å². The number of carbonyl (C=O) groups is 1. The molecule has 0 aliphatic carbocycles. The zero-order valence-electron chi connectivity index (χ0n) is 15.7. The largest absolute Gasteiger partial charge is 0.508 e. The van der Waals surface area contributed by atoms with Crippen LogP contribution in [0.4, 0.5) is 0 Å². The molecule has 0 atom stereocenters. The molecule has 0 unspecified atom stereocenters. The summed E-state index contributed by atoms with van der Waals surface area (Å²) < 4.78 is 10.9. The van der Waals surface area contributed by atoms with Gasteiger partial charge in [0.1, 0.15) is 35.4 Å². The van der Waals surface area contributed by atoms with Gasteiger partial charge in [0.15, 0.2) is 5.78 Å². The molecule has 0 aliphatic heterocycles. The molecular weight excluding hydrogens is 372 g/mol. The van der Waals surface area contributed by atoms with Gasteiger partial charge in [-0.2, -0.15) is 0 Å². The van der Waals surface area contributed by atoms with Gasteiger partial charge in [-0.05, 0) is 54.1 Å². The first-order chi connectivity index (χ1) is 14.0. The SMILES string of the molecule is COc1ccc(COc2cc(O)ccc2C=CC(=O)c2ccc(O)cc2O)cc1. The predicted molar refractivity (Wildman–Crippen MR) is 109 cm³/mol. The summed E-state index contributed by atoms with van der Waals surface area (Å²) in [6.07, 6.45) is 2.83. The highest BCUT2D eigenvalue weighted by molar-refractivity contribution is 6.08. The third-order valence-electron chi connectivity index (χ3n) is 4.21. The van der Waals surface area contributed by atoms with E-state index in [4.69, 9.17) is 9.47 Å². The van der Waals surface area contributed by atoms with E-state index in [2.05, 4.69) is 0 Å². The average molecular weight is 392 g/mol. The Hall–Kier alpha value is -3.93. The second kappa shape index (κ2) is 8.84. The van der Waals surface area contributed by atoms with Gasteiger partial charge in [-0.3, -0.25) is 4.79 Å². The molecule has 0 bridgehead atoms. The average Bonchev–Trinajstić information content (AvgIpc) is 2.71. The molecule has 0 heterocycles. The number of methoxy groups -OCH3 is 1. The minimum absolute atomic E-state index is 0.0365. The number of ketones is 1. The second-order valence-electron chi connectivity index (χ2n) is 6.26. The molecule has 0 radical (unpaired) electrons. The molecule has 0 aliphatic rings. The molecule has 3 aromatic rings. The van der Waals surface area contributed by atoms with Crippen LogP contribution in [-0.2, 0) is 6.61 Å². The van der Waals surface area contributed by atoms with E-state index < -0.39 is 5.78 Å². The number of allylic oxidation sites excluding steroid dienone is 1. The monoisotopic (exact) mass is 392 g/mol. The van der Waals surface area contributed by atoms with Gasteiger partial charge in [0, 0.05) is 17.7 Å². The number of ether oxygens (including phenoxy) is 2. The van der Waals surface area contributed by atoms with Crippen LogP contribution in [-0.4, -0.2) is 28.2 Å². The molecule has 0 spiro atoms. The Bertz CT molecular complexity index is 1040. The zero-order valence-corrected chi connectivity index (χ0v) is 15.7. The molecule has 3 aromatic carbocycles. The van der Waals surface area contributed by atoms with Crippen molar-refractivity contribution in [3.63, 3.8) is 0 Å². The topological polar surface area (TPSA) is 96.2 Å². The number of carbonyl (C=O) groups excluding carboxylic acids is 1. The lowest BCUT2D eigenvalue weighted by Crippen LogP contribution is -1.98. The number of hydrogen-bond acceptors (Lipinski definition) is 6.